The summed E-state index contributed by atoms with van der Waals surface area (Å²) in [5.74, 6) is -0.0374. The fraction of sp³-hybridized carbons (Fsp3) is 0.238. The largest absolute Gasteiger partial charge is 0.337 e. The molecule has 5 rings (SSSR count). The average molecular weight is 481 g/mol. The highest BCUT2D eigenvalue weighted by Gasteiger charge is 2.55. The topological polar surface area (TPSA) is 104 Å². The number of imide groups is 1. The average Bonchev–Trinajstić information content (AvgIpc) is 3.44. The van der Waals surface area contributed by atoms with Crippen LogP contribution in [0.4, 0.5) is 5.69 Å². The van der Waals surface area contributed by atoms with Gasteiger partial charge in [-0.1, -0.05) is 32.4 Å². The van der Waals surface area contributed by atoms with Crippen LogP contribution in [-0.2, 0) is 16.1 Å². The second-order valence-corrected chi connectivity index (χ2v) is 8.41. The number of hydrogen-bond donors (Lipinski definition) is 0. The number of amides is 2. The van der Waals surface area contributed by atoms with Crippen LogP contribution in [0.15, 0.2) is 61.8 Å². The molecule has 3 aromatic rings. The molecule has 31 heavy (non-hydrogen) atoms. The van der Waals surface area contributed by atoms with Crippen molar-refractivity contribution in [2.24, 2.45) is 10.3 Å². The van der Waals surface area contributed by atoms with Crippen LogP contribution in [0.5, 0.6) is 0 Å². The molecule has 3 heterocycles. The summed E-state index contributed by atoms with van der Waals surface area (Å²) >= 11 is 3.39. The first kappa shape index (κ1) is 19.6. The van der Waals surface area contributed by atoms with Gasteiger partial charge in [-0.2, -0.15) is 10.1 Å². The summed E-state index contributed by atoms with van der Waals surface area (Å²) < 4.78 is 6.28. The van der Waals surface area contributed by atoms with Crippen molar-refractivity contribution in [3.05, 3.63) is 64.0 Å². The first-order chi connectivity index (χ1) is 14.9. The van der Waals surface area contributed by atoms with Gasteiger partial charge in [0.05, 0.1) is 5.69 Å². The van der Waals surface area contributed by atoms with Crippen LogP contribution in [-0.4, -0.2) is 39.0 Å². The minimum atomic E-state index is -0.872. The third-order valence-electron chi connectivity index (χ3n) is 5.47. The van der Waals surface area contributed by atoms with Crippen molar-refractivity contribution < 1.29 is 14.1 Å². The predicted octanol–water partition coefficient (Wildman–Crippen LogP) is 3.61. The molecule has 2 amide bonds. The quantitative estimate of drug-likeness (QED) is 0.528. The monoisotopic (exact) mass is 480 g/mol. The zero-order valence-electron chi connectivity index (χ0n) is 16.7. The van der Waals surface area contributed by atoms with Gasteiger partial charge in [-0.05, 0) is 61.4 Å². The number of hydrogen-bond acceptors (Lipinski definition) is 8. The van der Waals surface area contributed by atoms with E-state index in [4.69, 9.17) is 4.52 Å². The van der Waals surface area contributed by atoms with Crippen molar-refractivity contribution in [2.75, 3.05) is 4.90 Å². The molecule has 9 nitrogen and oxygen atoms in total. The van der Waals surface area contributed by atoms with Gasteiger partial charge in [-0.15, -0.1) is 0 Å². The highest BCUT2D eigenvalue weighted by molar-refractivity contribution is 9.10. The number of halogens is 1. The van der Waals surface area contributed by atoms with Crippen molar-refractivity contribution in [3.63, 3.8) is 0 Å². The molecule has 0 bridgehead atoms. The van der Waals surface area contributed by atoms with Gasteiger partial charge in [0.1, 0.15) is 6.54 Å². The first-order valence-electron chi connectivity index (χ1n) is 9.63. The Morgan fingerprint density at radius 2 is 1.81 bits per heavy atom. The number of aromatic nitrogens is 2. The number of fused-ring (bicyclic) bond motifs is 1. The van der Waals surface area contributed by atoms with Crippen LogP contribution in [0.1, 0.15) is 17.0 Å². The van der Waals surface area contributed by atoms with Crippen molar-refractivity contribution in [1.82, 2.24) is 15.1 Å². The number of carbonyl (C=O) groups excluding carboxylic acids is 2. The second kappa shape index (κ2) is 7.38. The van der Waals surface area contributed by atoms with Gasteiger partial charge in [0, 0.05) is 10.0 Å². The third-order valence-corrected chi connectivity index (χ3v) is 6.00. The molecular weight excluding hydrogens is 464 g/mol. The molecule has 0 saturated carbocycles. The third kappa shape index (κ3) is 3.32. The molecule has 2 aliphatic heterocycles. The summed E-state index contributed by atoms with van der Waals surface area (Å²) in [6.07, 6.45) is 0. The molecule has 0 spiro atoms. The van der Waals surface area contributed by atoms with E-state index in [0.717, 1.165) is 21.2 Å². The van der Waals surface area contributed by atoms with Crippen molar-refractivity contribution in [2.45, 2.75) is 32.5 Å². The zero-order valence-corrected chi connectivity index (χ0v) is 18.3. The van der Waals surface area contributed by atoms with Gasteiger partial charge >= 0.3 is 0 Å². The Kier molecular flexibility index (Phi) is 4.66. The molecule has 2 aromatic carbocycles. The van der Waals surface area contributed by atoms with Crippen molar-refractivity contribution >= 4 is 33.4 Å². The smallest absolute Gasteiger partial charge is 0.263 e. The Balaban J connectivity index is 1.36. The molecule has 0 N–H and O–H groups in total. The molecule has 1 aromatic heterocycles. The number of anilines is 1. The number of carbonyl (C=O) groups is 2. The van der Waals surface area contributed by atoms with E-state index in [9.17, 15) is 9.59 Å². The van der Waals surface area contributed by atoms with Crippen LogP contribution in [0.2, 0.25) is 0 Å². The van der Waals surface area contributed by atoms with Gasteiger partial charge < -0.3 is 4.52 Å². The second-order valence-electron chi connectivity index (χ2n) is 7.49. The lowest BCUT2D eigenvalue weighted by atomic mass is 10.1. The lowest BCUT2D eigenvalue weighted by Gasteiger charge is -2.19. The maximum absolute atomic E-state index is 13.1. The Labute approximate surface area is 185 Å². The van der Waals surface area contributed by atoms with Gasteiger partial charge in [-0.25, -0.2) is 4.90 Å². The summed E-state index contributed by atoms with van der Waals surface area (Å²) in [7, 11) is 0. The van der Waals surface area contributed by atoms with E-state index in [1.54, 1.807) is 6.07 Å². The van der Waals surface area contributed by atoms with Crippen molar-refractivity contribution in [3.8, 4) is 11.4 Å². The maximum atomic E-state index is 13.1. The van der Waals surface area contributed by atoms with Gasteiger partial charge in [0.25, 0.3) is 11.8 Å². The molecular formula is C21H17BrN6O3. The van der Waals surface area contributed by atoms with Crippen LogP contribution in [0.3, 0.4) is 0 Å². The Morgan fingerprint density at radius 3 is 2.55 bits per heavy atom. The van der Waals surface area contributed by atoms with E-state index >= 15 is 0 Å². The van der Waals surface area contributed by atoms with Gasteiger partial charge in [0.15, 0.2) is 12.1 Å². The van der Waals surface area contributed by atoms with Crippen LogP contribution in [0.25, 0.3) is 11.4 Å². The minimum absolute atomic E-state index is 0.0774. The Morgan fingerprint density at radius 1 is 1.03 bits per heavy atom. The number of benzene rings is 2. The number of aryl methyl sites for hydroxylation is 2. The first-order valence-corrected chi connectivity index (χ1v) is 10.4. The molecule has 0 aliphatic carbocycles. The summed E-state index contributed by atoms with van der Waals surface area (Å²) in [6, 6.07) is 11.3. The zero-order chi connectivity index (χ0) is 21.7. The molecule has 1 fully saturated rings. The fourth-order valence-electron chi connectivity index (χ4n) is 3.65. The van der Waals surface area contributed by atoms with Crippen LogP contribution >= 0.6 is 15.9 Å². The molecule has 0 radical (unpaired) electrons. The lowest BCUT2D eigenvalue weighted by Crippen LogP contribution is -2.39. The minimum Gasteiger partial charge on any atom is -0.337 e. The maximum Gasteiger partial charge on any atom is 0.263 e. The predicted molar refractivity (Wildman–Crippen MR) is 114 cm³/mol. The molecule has 156 valence electrons. The Hall–Kier alpha value is -3.40. The van der Waals surface area contributed by atoms with Gasteiger partial charge in [0.2, 0.25) is 11.7 Å². The highest BCUT2D eigenvalue weighted by Crippen LogP contribution is 2.33. The SMILES string of the molecule is Cc1ccc(N2C(=O)C3N=NN(Cc4nc(-c5ccc(Br)cc5)no4)C3C2=O)cc1C. The summed E-state index contributed by atoms with van der Waals surface area (Å²) in [6.45, 7) is 3.99. The van der Waals surface area contributed by atoms with E-state index in [0.29, 0.717) is 11.5 Å². The number of nitrogens with zero attached hydrogens (tertiary/aromatic N) is 6. The Bertz CT molecular complexity index is 1220. The summed E-state index contributed by atoms with van der Waals surface area (Å²) in [5.41, 5.74) is 3.42. The van der Waals surface area contributed by atoms with Crippen LogP contribution < -0.4 is 4.90 Å². The molecule has 2 atom stereocenters. The van der Waals surface area contributed by atoms with E-state index in [1.165, 1.54) is 9.91 Å². The van der Waals surface area contributed by atoms with E-state index in [-0.39, 0.29) is 24.2 Å². The molecule has 1 saturated heterocycles. The normalized spacial score (nSPS) is 20.1. The summed E-state index contributed by atoms with van der Waals surface area (Å²) in [4.78, 5) is 31.6. The standard InChI is InChI=1S/C21H17BrN6O3/c1-11-3-8-15(9-12(11)2)28-20(29)17-18(21(28)30)27(26-24-17)10-16-23-19(25-31-16)13-4-6-14(22)7-5-13/h3-9,17-18H,10H2,1-2H3. The van der Waals surface area contributed by atoms with Gasteiger partial charge in [-0.3, -0.25) is 14.6 Å². The van der Waals surface area contributed by atoms with E-state index in [2.05, 4.69) is 36.4 Å². The highest BCUT2D eigenvalue weighted by atomic mass is 79.9. The van der Waals surface area contributed by atoms with Crippen LogP contribution in [0, 0.1) is 13.8 Å². The lowest BCUT2D eigenvalue weighted by molar-refractivity contribution is -0.123. The summed E-state index contributed by atoms with van der Waals surface area (Å²) in [5, 5.41) is 13.5. The fourth-order valence-corrected chi connectivity index (χ4v) is 3.91. The van der Waals surface area contributed by atoms with E-state index < -0.39 is 12.1 Å². The molecule has 2 unspecified atom stereocenters. The molecule has 2 aliphatic rings. The molecule has 10 heteroatoms. The van der Waals surface area contributed by atoms with E-state index in [1.807, 2.05) is 50.2 Å². The number of rotatable bonds is 4. The van der Waals surface area contributed by atoms with Crippen molar-refractivity contribution in [1.29, 1.82) is 0 Å².